The lowest BCUT2D eigenvalue weighted by molar-refractivity contribution is -0.118. The smallest absolute Gasteiger partial charge is 0.233 e. The van der Waals surface area contributed by atoms with Crippen molar-refractivity contribution in [1.82, 2.24) is 9.88 Å². The molecule has 1 N–H and O–H groups in total. The fourth-order valence-electron chi connectivity index (χ4n) is 3.29. The van der Waals surface area contributed by atoms with E-state index in [0.717, 1.165) is 12.1 Å². The Labute approximate surface area is 159 Å². The van der Waals surface area contributed by atoms with Crippen LogP contribution in [0, 0.1) is 5.82 Å². The fourth-order valence-corrected chi connectivity index (χ4v) is 3.29. The predicted octanol–water partition coefficient (Wildman–Crippen LogP) is 4.44. The Morgan fingerprint density at radius 3 is 2.63 bits per heavy atom. The maximum absolute atomic E-state index is 14.9. The van der Waals surface area contributed by atoms with Crippen LogP contribution in [0.1, 0.15) is 25.3 Å². The number of halogens is 1. The number of carbonyl (C=O) groups excluding carboxylic acids is 1. The number of carbonyl (C=O) groups is 1. The Morgan fingerprint density at radius 1 is 1.19 bits per heavy atom. The van der Waals surface area contributed by atoms with Gasteiger partial charge >= 0.3 is 0 Å². The molecule has 0 aliphatic rings. The molecule has 5 heteroatoms. The number of hydrogen-bond acceptors (Lipinski definition) is 3. The van der Waals surface area contributed by atoms with Crippen molar-refractivity contribution in [2.75, 3.05) is 18.9 Å². The van der Waals surface area contributed by atoms with E-state index in [1.807, 2.05) is 51.2 Å². The molecular formula is C22H24FN3O. The van der Waals surface area contributed by atoms with Gasteiger partial charge in [-0.15, -0.1) is 0 Å². The highest BCUT2D eigenvalue weighted by atomic mass is 19.1. The normalized spacial score (nSPS) is 13.5. The monoisotopic (exact) mass is 365 g/mol. The lowest BCUT2D eigenvalue weighted by Gasteiger charge is -2.30. The zero-order chi connectivity index (χ0) is 19.4. The molecule has 27 heavy (non-hydrogen) atoms. The van der Waals surface area contributed by atoms with Crippen LogP contribution in [-0.2, 0) is 4.79 Å². The number of benzene rings is 2. The molecule has 4 nitrogen and oxygen atoms in total. The van der Waals surface area contributed by atoms with Crippen LogP contribution < -0.4 is 5.32 Å². The summed E-state index contributed by atoms with van der Waals surface area (Å²) in [6, 6.07) is 14.6. The van der Waals surface area contributed by atoms with Gasteiger partial charge in [0.1, 0.15) is 0 Å². The van der Waals surface area contributed by atoms with Crippen molar-refractivity contribution in [2.45, 2.75) is 25.8 Å². The lowest BCUT2D eigenvalue weighted by atomic mass is 9.90. The average molecular weight is 365 g/mol. The van der Waals surface area contributed by atoms with Gasteiger partial charge in [-0.3, -0.25) is 9.78 Å². The largest absolute Gasteiger partial charge is 0.323 e. The summed E-state index contributed by atoms with van der Waals surface area (Å²) in [6.45, 7) is 4.88. The van der Waals surface area contributed by atoms with Crippen molar-refractivity contribution in [3.05, 3.63) is 72.3 Å². The second-order valence-electron chi connectivity index (χ2n) is 6.72. The Hall–Kier alpha value is -2.79. The van der Waals surface area contributed by atoms with Gasteiger partial charge in [0.25, 0.3) is 0 Å². The van der Waals surface area contributed by atoms with E-state index in [-0.39, 0.29) is 17.6 Å². The van der Waals surface area contributed by atoms with Gasteiger partial charge in [-0.1, -0.05) is 43.3 Å². The number of likely N-dealkylation sites (N-methyl/N-ethyl adjacent to an activating group) is 1. The summed E-state index contributed by atoms with van der Waals surface area (Å²) in [4.78, 5) is 19.3. The Bertz CT molecular complexity index is 929. The van der Waals surface area contributed by atoms with E-state index in [0.29, 0.717) is 10.8 Å². The first-order valence-electron chi connectivity index (χ1n) is 9.11. The number of nitrogens with one attached hydrogen (secondary N) is 1. The summed E-state index contributed by atoms with van der Waals surface area (Å²) in [6.07, 6.45) is 3.15. The Morgan fingerprint density at radius 2 is 1.93 bits per heavy atom. The molecule has 0 saturated heterocycles. The number of aromatic nitrogens is 1. The van der Waals surface area contributed by atoms with Crippen LogP contribution in [0.4, 0.5) is 10.1 Å². The van der Waals surface area contributed by atoms with E-state index in [1.165, 1.54) is 0 Å². The SMILES string of the molecule is CCN(C)C(C)C(C(=O)Nc1ccc2cnccc2c1F)c1ccccc1. The minimum atomic E-state index is -0.438. The molecule has 0 radical (unpaired) electrons. The number of rotatable bonds is 6. The molecule has 0 aliphatic carbocycles. The second-order valence-corrected chi connectivity index (χ2v) is 6.72. The molecule has 0 fully saturated rings. The van der Waals surface area contributed by atoms with Gasteiger partial charge in [0.15, 0.2) is 5.82 Å². The molecule has 0 bridgehead atoms. The van der Waals surface area contributed by atoms with Crippen LogP contribution in [-0.4, -0.2) is 35.4 Å². The highest BCUT2D eigenvalue weighted by Crippen LogP contribution is 2.28. The summed E-state index contributed by atoms with van der Waals surface area (Å²) in [5, 5.41) is 3.94. The van der Waals surface area contributed by atoms with E-state index in [9.17, 15) is 9.18 Å². The molecular weight excluding hydrogens is 341 g/mol. The molecule has 2 atom stereocenters. The molecule has 3 rings (SSSR count). The lowest BCUT2D eigenvalue weighted by Crippen LogP contribution is -2.40. The Kier molecular flexibility index (Phi) is 5.81. The van der Waals surface area contributed by atoms with Gasteiger partial charge in [-0.2, -0.15) is 0 Å². The first-order valence-corrected chi connectivity index (χ1v) is 9.11. The number of anilines is 1. The van der Waals surface area contributed by atoms with Crippen molar-refractivity contribution in [2.24, 2.45) is 0 Å². The first-order chi connectivity index (χ1) is 13.0. The summed E-state index contributed by atoms with van der Waals surface area (Å²) < 4.78 is 14.9. The first kappa shape index (κ1) is 19.0. The van der Waals surface area contributed by atoms with Gasteiger partial charge < -0.3 is 10.2 Å². The van der Waals surface area contributed by atoms with Crippen LogP contribution >= 0.6 is 0 Å². The average Bonchev–Trinajstić information content (AvgIpc) is 2.70. The summed E-state index contributed by atoms with van der Waals surface area (Å²) in [5.41, 5.74) is 1.10. The number of fused-ring (bicyclic) bond motifs is 1. The molecule has 0 saturated carbocycles. The van der Waals surface area contributed by atoms with E-state index in [2.05, 4.69) is 15.2 Å². The molecule has 0 aliphatic heterocycles. The molecule has 0 spiro atoms. The third-order valence-electron chi connectivity index (χ3n) is 5.13. The van der Waals surface area contributed by atoms with E-state index in [1.54, 1.807) is 30.6 Å². The third-order valence-corrected chi connectivity index (χ3v) is 5.13. The summed E-state index contributed by atoms with van der Waals surface area (Å²) in [5.74, 6) is -1.07. The highest BCUT2D eigenvalue weighted by Gasteiger charge is 2.29. The zero-order valence-electron chi connectivity index (χ0n) is 15.8. The number of nitrogens with zero attached hydrogens (tertiary/aromatic N) is 2. The van der Waals surface area contributed by atoms with E-state index >= 15 is 0 Å². The number of pyridine rings is 1. The fraction of sp³-hybridized carbons (Fsp3) is 0.273. The van der Waals surface area contributed by atoms with Crippen LogP contribution in [0.2, 0.25) is 0 Å². The maximum Gasteiger partial charge on any atom is 0.233 e. The zero-order valence-corrected chi connectivity index (χ0v) is 15.8. The standard InChI is InChI=1S/C22H24FN3O/c1-4-26(3)15(2)20(16-8-6-5-7-9-16)22(27)25-19-11-10-17-14-24-13-12-18(17)21(19)23/h5-15,20H,4H2,1-3H3,(H,25,27). The molecule has 140 valence electrons. The van der Waals surface area contributed by atoms with Gasteiger partial charge in [-0.25, -0.2) is 4.39 Å². The van der Waals surface area contributed by atoms with Crippen LogP contribution in [0.25, 0.3) is 10.8 Å². The quantitative estimate of drug-likeness (QED) is 0.703. The molecule has 1 amide bonds. The highest BCUT2D eigenvalue weighted by molar-refractivity contribution is 5.98. The minimum absolute atomic E-state index is 0.0369. The van der Waals surface area contributed by atoms with Gasteiger partial charge in [0, 0.05) is 29.2 Å². The van der Waals surface area contributed by atoms with Crippen molar-refractivity contribution in [3.63, 3.8) is 0 Å². The van der Waals surface area contributed by atoms with E-state index in [4.69, 9.17) is 0 Å². The molecule has 1 heterocycles. The number of amides is 1. The molecule has 2 aromatic carbocycles. The van der Waals surface area contributed by atoms with Gasteiger partial charge in [-0.05, 0) is 38.2 Å². The van der Waals surface area contributed by atoms with Crippen LogP contribution in [0.3, 0.4) is 0 Å². The topological polar surface area (TPSA) is 45.2 Å². The van der Waals surface area contributed by atoms with Crippen LogP contribution in [0.5, 0.6) is 0 Å². The second kappa shape index (κ2) is 8.27. The summed E-state index contributed by atoms with van der Waals surface area (Å²) in [7, 11) is 1.98. The molecule has 3 aromatic rings. The molecule has 1 aromatic heterocycles. The third kappa shape index (κ3) is 3.98. The van der Waals surface area contributed by atoms with Crippen LogP contribution in [0.15, 0.2) is 60.9 Å². The van der Waals surface area contributed by atoms with Crippen molar-refractivity contribution < 1.29 is 9.18 Å². The number of hydrogen-bond donors (Lipinski definition) is 1. The van der Waals surface area contributed by atoms with E-state index < -0.39 is 11.7 Å². The van der Waals surface area contributed by atoms with Crippen molar-refractivity contribution in [3.8, 4) is 0 Å². The maximum atomic E-state index is 14.9. The predicted molar refractivity (Wildman–Crippen MR) is 107 cm³/mol. The van der Waals surface area contributed by atoms with Crippen molar-refractivity contribution >= 4 is 22.4 Å². The van der Waals surface area contributed by atoms with Gasteiger partial charge in [0.05, 0.1) is 11.6 Å². The summed E-state index contributed by atoms with van der Waals surface area (Å²) >= 11 is 0. The minimum Gasteiger partial charge on any atom is -0.323 e. The van der Waals surface area contributed by atoms with Gasteiger partial charge in [0.2, 0.25) is 5.91 Å². The van der Waals surface area contributed by atoms with Crippen molar-refractivity contribution in [1.29, 1.82) is 0 Å². The molecule has 2 unspecified atom stereocenters. The Balaban J connectivity index is 1.94.